The van der Waals surface area contributed by atoms with Gasteiger partial charge in [0.05, 0.1) is 0 Å². The van der Waals surface area contributed by atoms with Gasteiger partial charge in [-0.25, -0.2) is 0 Å². The van der Waals surface area contributed by atoms with Gasteiger partial charge in [-0.15, -0.1) is 0 Å². The Balaban J connectivity index is -0.000000121. The van der Waals surface area contributed by atoms with Crippen LogP contribution in [0.4, 0.5) is 0 Å². The maximum atomic E-state index is 8.67. The van der Waals surface area contributed by atoms with Crippen LogP contribution in [0.1, 0.15) is 0 Å². The second kappa shape index (κ2) is 16.0. The molecule has 0 saturated carbocycles. The van der Waals surface area contributed by atoms with Crippen LogP contribution in [0.25, 0.3) is 0 Å². The smallest absolute Gasteiger partial charge is 0.822 e. The molecule has 2 aromatic carbocycles. The van der Waals surface area contributed by atoms with E-state index >= 15 is 0 Å². The SMILES string of the molecule is O=P([O-])([O-])[O-].Oc1ccccc1O.Oc1ccccc1O.[Li+].[Li+].[Li+]. The van der Waals surface area contributed by atoms with Gasteiger partial charge in [-0.1, -0.05) is 24.3 Å². The maximum Gasteiger partial charge on any atom is 1.00 e. The summed E-state index contributed by atoms with van der Waals surface area (Å²) in [7, 11) is -5.39. The number of phenols is 4. The van der Waals surface area contributed by atoms with Crippen molar-refractivity contribution < 1.29 is 96.3 Å². The van der Waals surface area contributed by atoms with Crippen LogP contribution in [0, 0.1) is 0 Å². The standard InChI is InChI=1S/2C6H6O2.3Li.H3O4P/c2*7-5-3-1-2-4-6(5)8;;;;1-5(2,3)4/h2*1-4,7-8H;;;;(H3,1,2,3,4)/q;;3*+1;/p-3. The minimum atomic E-state index is -5.39. The summed E-state index contributed by atoms with van der Waals surface area (Å²) in [6.07, 6.45) is 0. The van der Waals surface area contributed by atoms with E-state index in [-0.39, 0.29) is 79.6 Å². The molecule has 0 aromatic heterocycles. The average molecular weight is 336 g/mol. The number of phosphoric acid groups is 1. The molecule has 2 rings (SSSR count). The molecular formula is C12H12Li3O8P. The van der Waals surface area contributed by atoms with Crippen molar-refractivity contribution in [1.29, 1.82) is 0 Å². The zero-order chi connectivity index (χ0) is 16.5. The molecule has 4 N–H and O–H groups in total. The van der Waals surface area contributed by atoms with Crippen molar-refractivity contribution in [3.63, 3.8) is 0 Å². The van der Waals surface area contributed by atoms with Gasteiger partial charge in [-0.05, 0) is 24.3 Å². The molecule has 8 nitrogen and oxygen atoms in total. The van der Waals surface area contributed by atoms with E-state index in [9.17, 15) is 0 Å². The maximum absolute atomic E-state index is 8.67. The van der Waals surface area contributed by atoms with Crippen molar-refractivity contribution in [2.75, 3.05) is 0 Å². The number of rotatable bonds is 0. The quantitative estimate of drug-likeness (QED) is 0.209. The summed E-state index contributed by atoms with van der Waals surface area (Å²) in [5.41, 5.74) is 0. The predicted molar refractivity (Wildman–Crippen MR) is 67.1 cm³/mol. The van der Waals surface area contributed by atoms with Crippen molar-refractivity contribution >= 4 is 7.82 Å². The summed E-state index contributed by atoms with van der Waals surface area (Å²) in [5.74, 6) is -0.306. The van der Waals surface area contributed by atoms with E-state index in [0.717, 1.165) is 0 Å². The van der Waals surface area contributed by atoms with Crippen LogP contribution in [0.5, 0.6) is 23.0 Å². The summed E-state index contributed by atoms with van der Waals surface area (Å²) >= 11 is 0. The first-order chi connectivity index (χ1) is 9.61. The van der Waals surface area contributed by atoms with Gasteiger partial charge >= 0.3 is 56.6 Å². The van der Waals surface area contributed by atoms with Crippen LogP contribution >= 0.6 is 7.82 Å². The molecule has 0 heterocycles. The van der Waals surface area contributed by atoms with Crippen LogP contribution in [0.2, 0.25) is 0 Å². The minimum absolute atomic E-state index is 0. The van der Waals surface area contributed by atoms with Crippen molar-refractivity contribution in [2.45, 2.75) is 0 Å². The third kappa shape index (κ3) is 19.6. The summed E-state index contributed by atoms with van der Waals surface area (Å²) in [6.45, 7) is 0. The fourth-order valence-corrected chi connectivity index (χ4v) is 0.928. The molecule has 0 saturated heterocycles. The third-order valence-electron chi connectivity index (χ3n) is 1.76. The molecule has 0 fully saturated rings. The van der Waals surface area contributed by atoms with Gasteiger partial charge in [0.25, 0.3) is 0 Å². The van der Waals surface area contributed by atoms with Gasteiger partial charge in [0.1, 0.15) is 0 Å². The van der Waals surface area contributed by atoms with Gasteiger partial charge in [-0.2, -0.15) is 7.82 Å². The number of phenolic OH excluding ortho intramolecular Hbond substituents is 4. The molecule has 0 bridgehead atoms. The van der Waals surface area contributed by atoms with E-state index < -0.39 is 7.82 Å². The topological polar surface area (TPSA) is 167 Å². The zero-order valence-corrected chi connectivity index (χ0v) is 14.4. The minimum Gasteiger partial charge on any atom is -0.822 e. The first kappa shape index (κ1) is 31.3. The zero-order valence-electron chi connectivity index (χ0n) is 13.5. The van der Waals surface area contributed by atoms with Crippen molar-refractivity contribution in [3.8, 4) is 23.0 Å². The van der Waals surface area contributed by atoms with Gasteiger partial charge in [0.2, 0.25) is 0 Å². The van der Waals surface area contributed by atoms with E-state index in [4.69, 9.17) is 39.7 Å². The van der Waals surface area contributed by atoms with Gasteiger partial charge in [-0.3, -0.25) is 0 Å². The summed E-state index contributed by atoms with van der Waals surface area (Å²) in [5, 5.41) is 34.7. The Kier molecular flexibility index (Phi) is 20.9. The number of hydrogen-bond donors (Lipinski definition) is 4. The second-order valence-corrected chi connectivity index (χ2v) is 4.32. The molecule has 0 spiro atoms. The van der Waals surface area contributed by atoms with E-state index in [1.807, 2.05) is 0 Å². The number of aromatic hydroxyl groups is 4. The Morgan fingerprint density at radius 2 is 0.708 bits per heavy atom. The average Bonchev–Trinajstić information content (AvgIpc) is 2.35. The number of para-hydroxylation sites is 4. The summed E-state index contributed by atoms with van der Waals surface area (Å²) in [4.78, 5) is 25.6. The fraction of sp³-hybridized carbons (Fsp3) is 0. The Morgan fingerprint density at radius 3 is 0.792 bits per heavy atom. The molecule has 0 aliphatic heterocycles. The molecule has 0 aliphatic rings. The van der Waals surface area contributed by atoms with Crippen molar-refractivity contribution in [1.82, 2.24) is 0 Å². The Morgan fingerprint density at radius 1 is 0.583 bits per heavy atom. The van der Waals surface area contributed by atoms with Gasteiger partial charge in [0.15, 0.2) is 23.0 Å². The Hall–Kier alpha value is -0.458. The monoisotopic (exact) mass is 336 g/mol. The third-order valence-corrected chi connectivity index (χ3v) is 1.76. The predicted octanol–water partition coefficient (Wildman–Crippen LogP) is -9.62. The van der Waals surface area contributed by atoms with Crippen LogP contribution in [0.15, 0.2) is 48.5 Å². The molecule has 116 valence electrons. The molecular weight excluding hydrogens is 324 g/mol. The Labute approximate surface area is 175 Å². The molecule has 12 heteroatoms. The largest absolute Gasteiger partial charge is 1.00 e. The molecule has 0 amide bonds. The van der Waals surface area contributed by atoms with E-state index in [0.29, 0.717) is 0 Å². The molecule has 0 atom stereocenters. The van der Waals surface area contributed by atoms with Crippen molar-refractivity contribution in [3.05, 3.63) is 48.5 Å². The van der Waals surface area contributed by atoms with Gasteiger partial charge < -0.3 is 39.7 Å². The summed E-state index contributed by atoms with van der Waals surface area (Å²) < 4.78 is 8.55. The van der Waals surface area contributed by atoms with Crippen LogP contribution in [0.3, 0.4) is 0 Å². The molecule has 0 radical (unpaired) electrons. The molecule has 0 aliphatic carbocycles. The normalized spacial score (nSPS) is 8.46. The van der Waals surface area contributed by atoms with E-state index in [1.165, 1.54) is 24.3 Å². The van der Waals surface area contributed by atoms with Crippen LogP contribution in [-0.2, 0) is 4.57 Å². The van der Waals surface area contributed by atoms with Crippen LogP contribution in [-0.4, -0.2) is 20.4 Å². The first-order valence-corrected chi connectivity index (χ1v) is 6.74. The fourth-order valence-electron chi connectivity index (χ4n) is 0.928. The van der Waals surface area contributed by atoms with Gasteiger partial charge in [0, 0.05) is 0 Å². The summed E-state index contributed by atoms with van der Waals surface area (Å²) in [6, 6.07) is 12.3. The number of benzene rings is 2. The molecule has 24 heavy (non-hydrogen) atoms. The Bertz CT molecular complexity index is 515. The van der Waals surface area contributed by atoms with E-state index in [2.05, 4.69) is 0 Å². The first-order valence-electron chi connectivity index (χ1n) is 5.28. The van der Waals surface area contributed by atoms with E-state index in [1.54, 1.807) is 24.3 Å². The van der Waals surface area contributed by atoms with Crippen LogP contribution < -0.4 is 71.3 Å². The van der Waals surface area contributed by atoms with Crippen molar-refractivity contribution in [2.24, 2.45) is 0 Å². The number of hydrogen-bond acceptors (Lipinski definition) is 8. The molecule has 2 aromatic rings. The molecule has 0 unspecified atom stereocenters. The second-order valence-electron chi connectivity index (χ2n) is 3.42.